The van der Waals surface area contributed by atoms with E-state index in [1.165, 1.54) is 102 Å². The van der Waals surface area contributed by atoms with Gasteiger partial charge in [-0.05, 0) is 31.6 Å². The molecule has 128 valence electrons. The van der Waals surface area contributed by atoms with Crippen molar-refractivity contribution >= 4 is 5.84 Å². The minimum atomic E-state index is 0.624. The maximum Gasteiger partial charge on any atom is 0.0989 e. The van der Waals surface area contributed by atoms with E-state index < -0.39 is 0 Å². The van der Waals surface area contributed by atoms with Gasteiger partial charge in [-0.25, -0.2) is 0 Å². The van der Waals surface area contributed by atoms with Gasteiger partial charge in [-0.2, -0.15) is 0 Å². The summed E-state index contributed by atoms with van der Waals surface area (Å²) in [7, 11) is 2.28. The summed E-state index contributed by atoms with van der Waals surface area (Å²) in [6.45, 7) is 3.47. The number of rotatable bonds is 7. The molecule has 2 heteroatoms. The zero-order chi connectivity index (χ0) is 15.6. The third-order valence-electron chi connectivity index (χ3n) is 5.69. The van der Waals surface area contributed by atoms with Crippen molar-refractivity contribution in [3.8, 4) is 0 Å². The third kappa shape index (κ3) is 6.30. The van der Waals surface area contributed by atoms with Gasteiger partial charge in [0.1, 0.15) is 0 Å². The second-order valence-electron chi connectivity index (χ2n) is 7.65. The largest absolute Gasteiger partial charge is 0.363 e. The van der Waals surface area contributed by atoms with Gasteiger partial charge >= 0.3 is 0 Å². The quantitative estimate of drug-likeness (QED) is 0.428. The molecule has 0 aromatic rings. The van der Waals surface area contributed by atoms with E-state index in [2.05, 4.69) is 18.9 Å². The summed E-state index contributed by atoms with van der Waals surface area (Å²) < 4.78 is 0. The fraction of sp³-hybridized carbons (Fsp3) is 0.950. The van der Waals surface area contributed by atoms with Crippen LogP contribution in [0.5, 0.6) is 0 Å². The highest BCUT2D eigenvalue weighted by Crippen LogP contribution is 2.28. The first-order valence-electron chi connectivity index (χ1n) is 10.1. The molecule has 2 fully saturated rings. The van der Waals surface area contributed by atoms with Crippen LogP contribution in [0.4, 0.5) is 0 Å². The van der Waals surface area contributed by atoms with Crippen LogP contribution in [0.1, 0.15) is 96.8 Å². The molecule has 2 rings (SSSR count). The lowest BCUT2D eigenvalue weighted by atomic mass is 9.86. The van der Waals surface area contributed by atoms with E-state index in [4.69, 9.17) is 4.99 Å². The molecule has 0 amide bonds. The molecule has 2 saturated carbocycles. The van der Waals surface area contributed by atoms with Gasteiger partial charge in [-0.3, -0.25) is 4.99 Å². The van der Waals surface area contributed by atoms with Crippen LogP contribution in [-0.4, -0.2) is 30.4 Å². The van der Waals surface area contributed by atoms with E-state index in [0.717, 1.165) is 5.92 Å². The predicted octanol–water partition coefficient (Wildman–Crippen LogP) is 5.81. The lowest BCUT2D eigenvalue weighted by Gasteiger charge is -2.27. The fourth-order valence-corrected chi connectivity index (χ4v) is 4.11. The Morgan fingerprint density at radius 1 is 0.955 bits per heavy atom. The molecule has 0 aromatic heterocycles. The van der Waals surface area contributed by atoms with Gasteiger partial charge in [-0.1, -0.05) is 64.7 Å². The third-order valence-corrected chi connectivity index (χ3v) is 5.69. The molecule has 2 nitrogen and oxygen atoms in total. The van der Waals surface area contributed by atoms with Crippen molar-refractivity contribution in [2.75, 3.05) is 13.6 Å². The zero-order valence-electron chi connectivity index (χ0n) is 15.2. The molecule has 0 spiro atoms. The van der Waals surface area contributed by atoms with Gasteiger partial charge in [-0.15, -0.1) is 0 Å². The SMILES string of the molecule is CCCCN(C)C(CCC1CCCCC1)=NC1CCCCC1. The lowest BCUT2D eigenvalue weighted by molar-refractivity contribution is 0.337. The van der Waals surface area contributed by atoms with E-state index in [1.54, 1.807) is 0 Å². The zero-order valence-corrected chi connectivity index (χ0v) is 15.2. The number of hydrogen-bond donors (Lipinski definition) is 0. The second kappa shape index (κ2) is 10.3. The topological polar surface area (TPSA) is 15.6 Å². The Labute approximate surface area is 138 Å². The molecule has 0 bridgehead atoms. The minimum absolute atomic E-state index is 0.624. The Morgan fingerprint density at radius 3 is 2.23 bits per heavy atom. The normalized spacial score (nSPS) is 22.0. The average molecular weight is 307 g/mol. The Bertz CT molecular complexity index is 312. The maximum absolute atomic E-state index is 5.22. The van der Waals surface area contributed by atoms with Crippen molar-refractivity contribution in [1.82, 2.24) is 4.90 Å². The van der Waals surface area contributed by atoms with Crippen LogP contribution in [0.3, 0.4) is 0 Å². The Balaban J connectivity index is 1.88. The molecule has 0 unspecified atom stereocenters. The predicted molar refractivity (Wildman–Crippen MR) is 97.7 cm³/mol. The molecule has 0 aliphatic heterocycles. The molecule has 0 heterocycles. The molecule has 2 aliphatic carbocycles. The Hall–Kier alpha value is -0.530. The van der Waals surface area contributed by atoms with E-state index in [-0.39, 0.29) is 0 Å². The van der Waals surface area contributed by atoms with E-state index in [0.29, 0.717) is 6.04 Å². The van der Waals surface area contributed by atoms with Gasteiger partial charge < -0.3 is 4.90 Å². The van der Waals surface area contributed by atoms with Crippen LogP contribution < -0.4 is 0 Å². The number of aliphatic imine (C=N–C) groups is 1. The van der Waals surface area contributed by atoms with Crippen molar-refractivity contribution in [2.24, 2.45) is 10.9 Å². The van der Waals surface area contributed by atoms with Crippen molar-refractivity contribution in [2.45, 2.75) is 103 Å². The first kappa shape index (κ1) is 17.8. The van der Waals surface area contributed by atoms with Gasteiger partial charge in [0.15, 0.2) is 0 Å². The summed E-state index contributed by atoms with van der Waals surface area (Å²) >= 11 is 0. The minimum Gasteiger partial charge on any atom is -0.363 e. The maximum atomic E-state index is 5.22. The summed E-state index contributed by atoms with van der Waals surface area (Å²) in [6, 6.07) is 0.624. The van der Waals surface area contributed by atoms with Crippen LogP contribution in [0.25, 0.3) is 0 Å². The van der Waals surface area contributed by atoms with Crippen LogP contribution in [0, 0.1) is 5.92 Å². The number of unbranched alkanes of at least 4 members (excludes halogenated alkanes) is 1. The van der Waals surface area contributed by atoms with Crippen LogP contribution in [0.2, 0.25) is 0 Å². The molecular formula is C20H38N2. The molecule has 0 N–H and O–H groups in total. The van der Waals surface area contributed by atoms with Gasteiger partial charge in [0.05, 0.1) is 11.9 Å². The first-order chi connectivity index (χ1) is 10.8. The molecule has 22 heavy (non-hydrogen) atoms. The molecule has 2 aliphatic rings. The molecule has 0 aromatic carbocycles. The monoisotopic (exact) mass is 306 g/mol. The van der Waals surface area contributed by atoms with E-state index in [1.807, 2.05) is 0 Å². The summed E-state index contributed by atoms with van der Waals surface area (Å²) in [4.78, 5) is 7.69. The fourth-order valence-electron chi connectivity index (χ4n) is 4.11. The summed E-state index contributed by atoms with van der Waals surface area (Å²) in [5, 5.41) is 0. The summed E-state index contributed by atoms with van der Waals surface area (Å²) in [5.41, 5.74) is 0. The van der Waals surface area contributed by atoms with Gasteiger partial charge in [0.25, 0.3) is 0 Å². The van der Waals surface area contributed by atoms with Gasteiger partial charge in [0, 0.05) is 20.0 Å². The highest BCUT2D eigenvalue weighted by Gasteiger charge is 2.18. The highest BCUT2D eigenvalue weighted by atomic mass is 15.2. The Morgan fingerprint density at radius 2 is 1.59 bits per heavy atom. The average Bonchev–Trinajstić information content (AvgIpc) is 2.58. The van der Waals surface area contributed by atoms with Gasteiger partial charge in [0.2, 0.25) is 0 Å². The molecular weight excluding hydrogens is 268 g/mol. The Kier molecular flexibility index (Phi) is 8.33. The van der Waals surface area contributed by atoms with Crippen molar-refractivity contribution < 1.29 is 0 Å². The smallest absolute Gasteiger partial charge is 0.0989 e. The number of hydrogen-bond acceptors (Lipinski definition) is 1. The first-order valence-corrected chi connectivity index (χ1v) is 10.1. The molecule has 0 saturated heterocycles. The lowest BCUT2D eigenvalue weighted by Crippen LogP contribution is -2.30. The van der Waals surface area contributed by atoms with Crippen molar-refractivity contribution in [3.63, 3.8) is 0 Å². The number of amidine groups is 1. The van der Waals surface area contributed by atoms with Crippen LogP contribution >= 0.6 is 0 Å². The summed E-state index contributed by atoms with van der Waals surface area (Å²) in [5.74, 6) is 2.40. The summed E-state index contributed by atoms with van der Waals surface area (Å²) in [6.07, 6.45) is 19.4. The number of nitrogens with zero attached hydrogens (tertiary/aromatic N) is 2. The van der Waals surface area contributed by atoms with Crippen LogP contribution in [-0.2, 0) is 0 Å². The van der Waals surface area contributed by atoms with Crippen molar-refractivity contribution in [3.05, 3.63) is 0 Å². The highest BCUT2D eigenvalue weighted by molar-refractivity contribution is 5.82. The van der Waals surface area contributed by atoms with Crippen LogP contribution in [0.15, 0.2) is 4.99 Å². The van der Waals surface area contributed by atoms with Crippen molar-refractivity contribution in [1.29, 1.82) is 0 Å². The molecule has 0 atom stereocenters. The standard InChI is InChI=1S/C20H38N2/c1-3-4-17-22(2)20(21-19-13-9-6-10-14-19)16-15-18-11-7-5-8-12-18/h18-19H,3-17H2,1-2H3. The second-order valence-corrected chi connectivity index (χ2v) is 7.65. The van der Waals surface area contributed by atoms with E-state index in [9.17, 15) is 0 Å². The molecule has 0 radical (unpaired) electrons. The van der Waals surface area contributed by atoms with E-state index >= 15 is 0 Å².